The lowest BCUT2D eigenvalue weighted by Crippen LogP contribution is -2.46. The zero-order valence-electron chi connectivity index (χ0n) is 14.0. The lowest BCUT2D eigenvalue weighted by atomic mass is 9.96. The Bertz CT molecular complexity index is 828. The van der Waals surface area contributed by atoms with Crippen LogP contribution >= 0.6 is 11.3 Å². The van der Waals surface area contributed by atoms with Crippen LogP contribution < -0.4 is 5.32 Å². The monoisotopic (exact) mass is 356 g/mol. The number of amides is 1. The van der Waals surface area contributed by atoms with Crippen molar-refractivity contribution in [1.82, 2.24) is 14.9 Å². The van der Waals surface area contributed by atoms with E-state index in [1.807, 2.05) is 36.6 Å². The number of anilines is 1. The number of benzene rings is 1. The second-order valence-corrected chi connectivity index (χ2v) is 7.25. The number of carbonyl (C=O) groups excluding carboxylic acids is 1. The first-order chi connectivity index (χ1) is 12.2. The number of nitrogens with zero attached hydrogens (tertiary/aromatic N) is 3. The van der Waals surface area contributed by atoms with Gasteiger partial charge in [-0.1, -0.05) is 12.1 Å². The summed E-state index contributed by atoms with van der Waals surface area (Å²) in [5.74, 6) is 0.975. The third kappa shape index (κ3) is 3.43. The van der Waals surface area contributed by atoms with Crippen molar-refractivity contribution in [3.63, 3.8) is 0 Å². The summed E-state index contributed by atoms with van der Waals surface area (Å²) in [6.07, 6.45) is 3.75. The van der Waals surface area contributed by atoms with Crippen molar-refractivity contribution in [1.29, 1.82) is 0 Å². The Labute approximate surface area is 149 Å². The molecule has 1 aromatic carbocycles. The van der Waals surface area contributed by atoms with Crippen LogP contribution in [0.5, 0.6) is 0 Å². The fourth-order valence-corrected chi connectivity index (χ4v) is 3.82. The molecule has 7 heteroatoms. The van der Waals surface area contributed by atoms with Gasteiger partial charge in [-0.25, -0.2) is 9.97 Å². The molecule has 1 amide bonds. The predicted molar refractivity (Wildman–Crippen MR) is 97.8 cm³/mol. The second kappa shape index (κ2) is 6.93. The largest absolute Gasteiger partial charge is 0.440 e. The van der Waals surface area contributed by atoms with Gasteiger partial charge < -0.3 is 9.73 Å². The molecular weight excluding hydrogens is 336 g/mol. The van der Waals surface area contributed by atoms with E-state index in [0.29, 0.717) is 5.13 Å². The van der Waals surface area contributed by atoms with Crippen LogP contribution in [0, 0.1) is 0 Å². The van der Waals surface area contributed by atoms with Crippen LogP contribution in [0.15, 0.2) is 40.3 Å². The van der Waals surface area contributed by atoms with E-state index in [2.05, 4.69) is 20.2 Å². The number of likely N-dealkylation sites (tertiary alicyclic amines) is 1. The SMILES string of the molecule is CC(C(=O)Nc1nccs1)N1CCCC(c2nc3ccccc3o2)C1. The van der Waals surface area contributed by atoms with Crippen LogP contribution in [0.3, 0.4) is 0 Å². The molecule has 1 aliphatic rings. The van der Waals surface area contributed by atoms with Crippen LogP contribution in [0.1, 0.15) is 31.6 Å². The molecule has 6 nitrogen and oxygen atoms in total. The Morgan fingerprint density at radius 2 is 2.32 bits per heavy atom. The van der Waals surface area contributed by atoms with E-state index in [1.54, 1.807) is 6.20 Å². The molecule has 1 fully saturated rings. The van der Waals surface area contributed by atoms with E-state index >= 15 is 0 Å². The van der Waals surface area contributed by atoms with Crippen molar-refractivity contribution in [2.24, 2.45) is 0 Å². The molecule has 4 rings (SSSR count). The summed E-state index contributed by atoms with van der Waals surface area (Å²) in [4.78, 5) is 23.4. The van der Waals surface area contributed by atoms with Crippen molar-refractivity contribution in [3.05, 3.63) is 41.7 Å². The highest BCUT2D eigenvalue weighted by atomic mass is 32.1. The zero-order valence-corrected chi connectivity index (χ0v) is 14.8. The van der Waals surface area contributed by atoms with Crippen LogP contribution in [0.2, 0.25) is 0 Å². The zero-order chi connectivity index (χ0) is 17.2. The highest BCUT2D eigenvalue weighted by Gasteiger charge is 2.30. The summed E-state index contributed by atoms with van der Waals surface area (Å²) < 4.78 is 5.93. The Balaban J connectivity index is 1.45. The lowest BCUT2D eigenvalue weighted by Gasteiger charge is -2.34. The molecule has 0 aliphatic carbocycles. The molecule has 1 N–H and O–H groups in total. The first-order valence-corrected chi connectivity index (χ1v) is 9.38. The smallest absolute Gasteiger partial charge is 0.243 e. The molecule has 1 saturated heterocycles. The molecule has 25 heavy (non-hydrogen) atoms. The number of carbonyl (C=O) groups is 1. The maximum atomic E-state index is 12.5. The minimum absolute atomic E-state index is 0.0202. The van der Waals surface area contributed by atoms with Crippen LogP contribution in [0.25, 0.3) is 11.1 Å². The number of rotatable bonds is 4. The van der Waals surface area contributed by atoms with E-state index in [0.717, 1.165) is 42.9 Å². The number of fused-ring (bicyclic) bond motifs is 1. The number of thiazole rings is 1. The average Bonchev–Trinajstić information content (AvgIpc) is 3.30. The van der Waals surface area contributed by atoms with Crippen LogP contribution in [-0.2, 0) is 4.79 Å². The number of piperidine rings is 1. The molecule has 0 radical (unpaired) electrons. The van der Waals surface area contributed by atoms with Crippen molar-refractivity contribution in [2.75, 3.05) is 18.4 Å². The fourth-order valence-electron chi connectivity index (χ4n) is 3.29. The topological polar surface area (TPSA) is 71.3 Å². The minimum Gasteiger partial charge on any atom is -0.440 e. The molecular formula is C18H20N4O2S. The van der Waals surface area contributed by atoms with Gasteiger partial charge in [-0.05, 0) is 38.4 Å². The van der Waals surface area contributed by atoms with Gasteiger partial charge in [0, 0.05) is 24.0 Å². The Kier molecular flexibility index (Phi) is 4.50. The molecule has 1 aliphatic heterocycles. The van der Waals surface area contributed by atoms with Gasteiger partial charge in [0.15, 0.2) is 16.6 Å². The van der Waals surface area contributed by atoms with E-state index < -0.39 is 0 Å². The summed E-state index contributed by atoms with van der Waals surface area (Å²) in [5, 5.41) is 5.38. The van der Waals surface area contributed by atoms with Crippen LogP contribution in [0.4, 0.5) is 5.13 Å². The molecule has 130 valence electrons. The minimum atomic E-state index is -0.212. The van der Waals surface area contributed by atoms with Gasteiger partial charge >= 0.3 is 0 Å². The van der Waals surface area contributed by atoms with Gasteiger partial charge in [0.1, 0.15) is 5.52 Å². The van der Waals surface area contributed by atoms with E-state index in [9.17, 15) is 4.79 Å². The van der Waals surface area contributed by atoms with Crippen molar-refractivity contribution < 1.29 is 9.21 Å². The normalized spacial score (nSPS) is 19.8. The molecule has 2 aromatic heterocycles. The Morgan fingerprint density at radius 3 is 3.12 bits per heavy atom. The Morgan fingerprint density at radius 1 is 1.44 bits per heavy atom. The van der Waals surface area contributed by atoms with Crippen molar-refractivity contribution in [3.8, 4) is 0 Å². The van der Waals surface area contributed by atoms with Gasteiger partial charge in [0.05, 0.1) is 6.04 Å². The highest BCUT2D eigenvalue weighted by Crippen LogP contribution is 2.30. The summed E-state index contributed by atoms with van der Waals surface area (Å²) in [5.41, 5.74) is 1.72. The second-order valence-electron chi connectivity index (χ2n) is 6.36. The summed E-state index contributed by atoms with van der Waals surface area (Å²) >= 11 is 1.43. The Hall–Kier alpha value is -2.25. The van der Waals surface area contributed by atoms with Crippen LogP contribution in [-0.4, -0.2) is 39.9 Å². The molecule has 0 saturated carbocycles. The summed E-state index contributed by atoms with van der Waals surface area (Å²) in [7, 11) is 0. The maximum absolute atomic E-state index is 12.5. The molecule has 2 atom stereocenters. The van der Waals surface area contributed by atoms with Crippen molar-refractivity contribution in [2.45, 2.75) is 31.7 Å². The maximum Gasteiger partial charge on any atom is 0.243 e. The molecule has 0 bridgehead atoms. The lowest BCUT2D eigenvalue weighted by molar-refractivity contribution is -0.121. The van der Waals surface area contributed by atoms with Crippen molar-refractivity contribution >= 4 is 33.5 Å². The number of para-hydroxylation sites is 2. The fraction of sp³-hybridized carbons (Fsp3) is 0.389. The quantitative estimate of drug-likeness (QED) is 0.775. The van der Waals surface area contributed by atoms with E-state index in [-0.39, 0.29) is 17.9 Å². The molecule has 3 heterocycles. The first-order valence-electron chi connectivity index (χ1n) is 8.50. The third-order valence-corrected chi connectivity index (χ3v) is 5.39. The molecule has 2 unspecified atom stereocenters. The highest BCUT2D eigenvalue weighted by molar-refractivity contribution is 7.13. The van der Waals surface area contributed by atoms with E-state index in [4.69, 9.17) is 4.42 Å². The molecule has 0 spiro atoms. The van der Waals surface area contributed by atoms with Gasteiger partial charge in [0.25, 0.3) is 0 Å². The number of aromatic nitrogens is 2. The first kappa shape index (κ1) is 16.2. The third-order valence-electron chi connectivity index (χ3n) is 4.70. The molecule has 3 aromatic rings. The number of oxazole rings is 1. The standard InChI is InChI=1S/C18H20N4O2S/c1-12(16(23)21-18-19-8-10-25-18)22-9-4-5-13(11-22)17-20-14-6-2-3-7-15(14)24-17/h2-3,6-8,10,12-13H,4-5,9,11H2,1H3,(H,19,21,23). The van der Waals surface area contributed by atoms with Gasteiger partial charge in [-0.2, -0.15) is 0 Å². The summed E-state index contributed by atoms with van der Waals surface area (Å²) in [6.45, 7) is 3.62. The van der Waals surface area contributed by atoms with Gasteiger partial charge in [-0.15, -0.1) is 11.3 Å². The van der Waals surface area contributed by atoms with E-state index in [1.165, 1.54) is 11.3 Å². The number of nitrogens with one attached hydrogen (secondary N) is 1. The van der Waals surface area contributed by atoms with Gasteiger partial charge in [0.2, 0.25) is 5.91 Å². The number of hydrogen-bond acceptors (Lipinski definition) is 6. The predicted octanol–water partition coefficient (Wildman–Crippen LogP) is 3.49. The van der Waals surface area contributed by atoms with Gasteiger partial charge in [-0.3, -0.25) is 9.69 Å². The summed E-state index contributed by atoms with van der Waals surface area (Å²) in [6, 6.07) is 7.61. The average molecular weight is 356 g/mol. The number of hydrogen-bond donors (Lipinski definition) is 1.